The first-order valence-corrected chi connectivity index (χ1v) is 27.4. The monoisotopic (exact) mass is 969 g/mol. The lowest BCUT2D eigenvalue weighted by Crippen LogP contribution is -2.62. The lowest BCUT2D eigenvalue weighted by molar-refractivity contribution is 0.332. The Morgan fingerprint density at radius 1 is 0.365 bits per heavy atom. The van der Waals surface area contributed by atoms with Gasteiger partial charge in [-0.1, -0.05) is 225 Å². The van der Waals surface area contributed by atoms with Crippen LogP contribution in [0, 0.1) is 0 Å². The Morgan fingerprint density at radius 2 is 0.851 bits per heavy atom. The highest BCUT2D eigenvalue weighted by molar-refractivity contribution is 7.00. The summed E-state index contributed by atoms with van der Waals surface area (Å²) in [6.45, 7) is 35.9. The van der Waals surface area contributed by atoms with Gasteiger partial charge in [0.1, 0.15) is 0 Å². The Balaban J connectivity index is 1.27. The topological polar surface area (TPSA) is 6.48 Å². The summed E-state index contributed by atoms with van der Waals surface area (Å²) in [7, 11) is 0. The van der Waals surface area contributed by atoms with Crippen molar-refractivity contribution >= 4 is 57.2 Å². The van der Waals surface area contributed by atoms with Crippen molar-refractivity contribution in [3.8, 4) is 22.3 Å². The third kappa shape index (κ3) is 8.34. The predicted octanol–water partition coefficient (Wildman–Crippen LogP) is 17.7. The molecule has 11 rings (SSSR count). The van der Waals surface area contributed by atoms with Crippen LogP contribution in [0.2, 0.25) is 0 Å². The molecule has 0 atom stereocenters. The molecule has 0 bridgehead atoms. The van der Waals surface area contributed by atoms with Gasteiger partial charge in [0.25, 0.3) is 6.71 Å². The molecule has 0 N–H and O–H groups in total. The van der Waals surface area contributed by atoms with E-state index in [0.29, 0.717) is 0 Å². The van der Waals surface area contributed by atoms with Gasteiger partial charge in [0.2, 0.25) is 0 Å². The normalized spacial score (nSPS) is 15.8. The molecule has 0 saturated carbocycles. The Labute approximate surface area is 445 Å². The van der Waals surface area contributed by atoms with Gasteiger partial charge in [-0.3, -0.25) is 0 Å². The molecule has 0 saturated heterocycles. The summed E-state index contributed by atoms with van der Waals surface area (Å²) < 4.78 is 0. The average molecular weight is 969 g/mol. The highest BCUT2D eigenvalue weighted by Crippen LogP contribution is 2.53. The second-order valence-corrected chi connectivity index (χ2v) is 27.0. The van der Waals surface area contributed by atoms with Gasteiger partial charge in [-0.05, 0) is 160 Å². The van der Waals surface area contributed by atoms with Crippen LogP contribution < -0.4 is 26.2 Å². The summed E-state index contributed by atoms with van der Waals surface area (Å²) in [4.78, 5) is 5.33. The molecule has 3 aliphatic rings. The van der Waals surface area contributed by atoms with E-state index in [9.17, 15) is 0 Å². The number of hydrogen-bond acceptors (Lipinski definition) is 2. The van der Waals surface area contributed by atoms with Crippen LogP contribution in [0.5, 0.6) is 0 Å². The molecule has 0 spiro atoms. The maximum absolute atomic E-state index is 2.72. The Kier molecular flexibility index (Phi) is 11.6. The van der Waals surface area contributed by atoms with Crippen molar-refractivity contribution in [3.05, 3.63) is 209 Å². The third-order valence-corrected chi connectivity index (χ3v) is 17.5. The summed E-state index contributed by atoms with van der Waals surface area (Å²) >= 11 is 0. The molecule has 0 amide bonds. The lowest BCUT2D eigenvalue weighted by atomic mass is 9.32. The number of benzene rings is 8. The summed E-state index contributed by atoms with van der Waals surface area (Å²) in [6.07, 6.45) is 2.30. The number of fused-ring (bicyclic) bond motifs is 5. The summed E-state index contributed by atoms with van der Waals surface area (Å²) in [5.41, 5.74) is 25.7. The van der Waals surface area contributed by atoms with Crippen LogP contribution in [-0.4, -0.2) is 6.71 Å². The number of rotatable bonds is 6. The fraction of sp³-hybridized carbons (Fsp3) is 0.324. The van der Waals surface area contributed by atoms with Crippen molar-refractivity contribution in [1.82, 2.24) is 0 Å². The highest BCUT2D eigenvalue weighted by Gasteiger charge is 2.48. The van der Waals surface area contributed by atoms with Gasteiger partial charge in [0.15, 0.2) is 0 Å². The first kappa shape index (κ1) is 49.6. The Morgan fingerprint density at radius 3 is 1.45 bits per heavy atom. The van der Waals surface area contributed by atoms with Crippen molar-refractivity contribution in [1.29, 1.82) is 0 Å². The molecule has 1 aliphatic carbocycles. The van der Waals surface area contributed by atoms with E-state index in [1.165, 1.54) is 112 Å². The van der Waals surface area contributed by atoms with Crippen LogP contribution in [0.1, 0.15) is 156 Å². The molecule has 2 aliphatic heterocycles. The van der Waals surface area contributed by atoms with E-state index in [4.69, 9.17) is 0 Å². The zero-order valence-electron chi connectivity index (χ0n) is 47.1. The van der Waals surface area contributed by atoms with Crippen molar-refractivity contribution in [2.45, 2.75) is 149 Å². The second kappa shape index (κ2) is 17.2. The molecule has 2 nitrogen and oxygen atoms in total. The molecule has 8 aromatic carbocycles. The highest BCUT2D eigenvalue weighted by atomic mass is 15.2. The minimum atomic E-state index is -0.236. The van der Waals surface area contributed by atoms with Crippen LogP contribution in [0.4, 0.5) is 34.1 Å². The Bertz CT molecular complexity index is 3450. The van der Waals surface area contributed by atoms with Crippen LogP contribution >= 0.6 is 0 Å². The van der Waals surface area contributed by atoms with Gasteiger partial charge in [-0.2, -0.15) is 0 Å². The van der Waals surface area contributed by atoms with E-state index < -0.39 is 0 Å². The van der Waals surface area contributed by atoms with Crippen molar-refractivity contribution < 1.29 is 0 Å². The lowest BCUT2D eigenvalue weighted by Gasteiger charge is -2.48. The van der Waals surface area contributed by atoms with Gasteiger partial charge >= 0.3 is 0 Å². The second-order valence-electron chi connectivity index (χ2n) is 27.0. The molecule has 74 heavy (non-hydrogen) atoms. The molecule has 2 heterocycles. The van der Waals surface area contributed by atoms with E-state index in [1.54, 1.807) is 0 Å². The minimum Gasteiger partial charge on any atom is -0.311 e. The smallest absolute Gasteiger partial charge is 0.252 e. The standard InChI is InChI=1S/C71H77BN2/c1-66(2,3)49-30-34-54(35-31-49)73-61-37-33-52(71(14,15)50-24-20-17-21-25-50)41-58(61)72-59-44-56-57(70(12,13)39-38-69(56,10)11)45-62(59)74(64-43-53(68(7,8)9)42-63(73)65(64)72)60-36-32-51(67(4,5)6)40-55(60)48-28-26-47(27-29-48)46-22-18-16-19-23-46/h16-37,40-45H,38-39H2,1-15H3. The molecular formula is C71H77BN2. The van der Waals surface area contributed by atoms with Gasteiger partial charge in [0, 0.05) is 39.4 Å². The van der Waals surface area contributed by atoms with E-state index >= 15 is 0 Å². The summed E-state index contributed by atoms with van der Waals surface area (Å²) in [6, 6.07) is 66.0. The van der Waals surface area contributed by atoms with E-state index in [0.717, 1.165) is 12.8 Å². The average Bonchev–Trinajstić information content (AvgIpc) is 3.36. The van der Waals surface area contributed by atoms with E-state index in [-0.39, 0.29) is 39.2 Å². The molecule has 8 aromatic rings. The Hall–Kier alpha value is -6.58. The third-order valence-electron chi connectivity index (χ3n) is 17.5. The molecule has 3 heteroatoms. The van der Waals surface area contributed by atoms with Crippen LogP contribution in [0.25, 0.3) is 22.3 Å². The number of hydrogen-bond donors (Lipinski definition) is 0. The maximum Gasteiger partial charge on any atom is 0.252 e. The van der Waals surface area contributed by atoms with Gasteiger partial charge in [0.05, 0.1) is 5.69 Å². The zero-order valence-corrected chi connectivity index (χ0v) is 47.1. The molecular weight excluding hydrogens is 892 g/mol. The number of anilines is 6. The fourth-order valence-electron chi connectivity index (χ4n) is 12.5. The molecule has 0 fully saturated rings. The van der Waals surface area contributed by atoms with E-state index in [1.807, 2.05) is 0 Å². The van der Waals surface area contributed by atoms with Crippen molar-refractivity contribution in [2.75, 3.05) is 9.80 Å². The van der Waals surface area contributed by atoms with Crippen molar-refractivity contribution in [3.63, 3.8) is 0 Å². The van der Waals surface area contributed by atoms with Crippen LogP contribution in [0.15, 0.2) is 170 Å². The summed E-state index contributed by atoms with van der Waals surface area (Å²) in [5.74, 6) is 0. The van der Waals surface area contributed by atoms with Crippen LogP contribution in [-0.2, 0) is 32.5 Å². The maximum atomic E-state index is 2.72. The first-order valence-electron chi connectivity index (χ1n) is 27.4. The van der Waals surface area contributed by atoms with Gasteiger partial charge < -0.3 is 9.80 Å². The number of nitrogens with zero attached hydrogens (tertiary/aromatic N) is 2. The molecule has 0 unspecified atom stereocenters. The fourth-order valence-corrected chi connectivity index (χ4v) is 12.5. The van der Waals surface area contributed by atoms with E-state index in [2.05, 4.69) is 284 Å². The first-order chi connectivity index (χ1) is 34.8. The molecule has 0 aromatic heterocycles. The SMILES string of the molecule is CC(C)(C)c1ccc(N2c3ccc(C(C)(C)c4ccccc4)cc3B3c4cc5c(cc4N(c4ccc(C(C)(C)C)cc4-c4ccc(-c6ccccc6)cc4)c4cc(C(C)(C)C)cc2c43)C(C)(C)CCC5(C)C)cc1. The predicted molar refractivity (Wildman–Crippen MR) is 321 cm³/mol. The quantitative estimate of drug-likeness (QED) is 0.153. The molecule has 0 radical (unpaired) electrons. The zero-order chi connectivity index (χ0) is 52.5. The largest absolute Gasteiger partial charge is 0.311 e. The summed E-state index contributed by atoms with van der Waals surface area (Å²) in [5, 5.41) is 0. The van der Waals surface area contributed by atoms with Crippen LogP contribution in [0.3, 0.4) is 0 Å². The van der Waals surface area contributed by atoms with Gasteiger partial charge in [-0.15, -0.1) is 0 Å². The molecule has 374 valence electrons. The minimum absolute atomic E-state index is 0.00378. The van der Waals surface area contributed by atoms with Crippen molar-refractivity contribution in [2.24, 2.45) is 0 Å². The van der Waals surface area contributed by atoms with Gasteiger partial charge in [-0.25, -0.2) is 0 Å².